The zero-order chi connectivity index (χ0) is 8.55. The summed E-state index contributed by atoms with van der Waals surface area (Å²) < 4.78 is 1.85. The number of hydrogen-bond acceptors (Lipinski definition) is 2. The van der Waals surface area contributed by atoms with Crippen molar-refractivity contribution in [2.45, 2.75) is 6.92 Å². The van der Waals surface area contributed by atoms with E-state index in [4.69, 9.17) is 0 Å². The molecule has 0 fully saturated rings. The van der Waals surface area contributed by atoms with Crippen LogP contribution in [-0.2, 0) is 7.05 Å². The summed E-state index contributed by atoms with van der Waals surface area (Å²) in [7, 11) is 1.93. The molecule has 2 heterocycles. The summed E-state index contributed by atoms with van der Waals surface area (Å²) in [5.41, 5.74) is 3.13. The highest BCUT2D eigenvalue weighted by Crippen LogP contribution is 2.15. The maximum absolute atomic E-state index is 4.31. The Bertz CT molecular complexity index is 352. The van der Waals surface area contributed by atoms with E-state index >= 15 is 0 Å². The lowest BCUT2D eigenvalue weighted by Gasteiger charge is -1.88. The number of aromatic nitrogens is 4. The lowest BCUT2D eigenvalue weighted by molar-refractivity contribution is 0.743. The van der Waals surface area contributed by atoms with Gasteiger partial charge in [0.15, 0.2) is 0 Å². The Labute approximate surface area is 70.2 Å². The number of rotatable bonds is 1. The normalized spacial score (nSPS) is 10.5. The molecule has 1 N–H and O–H groups in total. The minimum absolute atomic E-state index is 0.962. The van der Waals surface area contributed by atoms with E-state index in [2.05, 4.69) is 15.3 Å². The first-order valence-corrected chi connectivity index (χ1v) is 3.77. The summed E-state index contributed by atoms with van der Waals surface area (Å²) in [6.45, 7) is 2.02. The quantitative estimate of drug-likeness (QED) is 0.683. The van der Waals surface area contributed by atoms with Gasteiger partial charge < -0.3 is 0 Å². The van der Waals surface area contributed by atoms with Crippen LogP contribution >= 0.6 is 0 Å². The molecule has 4 heteroatoms. The first kappa shape index (κ1) is 7.09. The van der Waals surface area contributed by atoms with Crippen molar-refractivity contribution in [1.29, 1.82) is 0 Å². The van der Waals surface area contributed by atoms with Crippen molar-refractivity contribution in [1.82, 2.24) is 20.0 Å². The molecular formula is C8H10N4. The maximum Gasteiger partial charge on any atom is 0.0957 e. The molecule has 0 saturated heterocycles. The van der Waals surface area contributed by atoms with Gasteiger partial charge in [-0.3, -0.25) is 9.78 Å². The first-order chi connectivity index (χ1) is 5.77. The van der Waals surface area contributed by atoms with Crippen LogP contribution in [0.5, 0.6) is 0 Å². The van der Waals surface area contributed by atoms with Gasteiger partial charge in [0, 0.05) is 24.5 Å². The average Bonchev–Trinajstić information content (AvgIpc) is 2.61. The molecule has 12 heavy (non-hydrogen) atoms. The van der Waals surface area contributed by atoms with Gasteiger partial charge in [0.2, 0.25) is 0 Å². The number of nitrogens with one attached hydrogen (secondary N) is 1. The third-order valence-electron chi connectivity index (χ3n) is 1.91. The molecule has 0 spiro atoms. The topological polar surface area (TPSA) is 46.5 Å². The molecule has 0 atom stereocenters. The van der Waals surface area contributed by atoms with Gasteiger partial charge in [-0.1, -0.05) is 0 Å². The monoisotopic (exact) mass is 162 g/mol. The lowest BCUT2D eigenvalue weighted by Crippen LogP contribution is -1.91. The van der Waals surface area contributed by atoms with Crippen molar-refractivity contribution in [3.8, 4) is 11.3 Å². The fraction of sp³-hybridized carbons (Fsp3) is 0.250. The van der Waals surface area contributed by atoms with Gasteiger partial charge in [0.25, 0.3) is 0 Å². The largest absolute Gasteiger partial charge is 0.285 e. The van der Waals surface area contributed by atoms with Crippen LogP contribution in [0.1, 0.15) is 5.69 Å². The molecule has 0 unspecified atom stereocenters. The van der Waals surface area contributed by atoms with Gasteiger partial charge in [0.05, 0.1) is 11.9 Å². The van der Waals surface area contributed by atoms with E-state index < -0.39 is 0 Å². The Kier molecular flexibility index (Phi) is 1.46. The van der Waals surface area contributed by atoms with Gasteiger partial charge in [-0.05, 0) is 13.0 Å². The number of nitrogens with zero attached hydrogens (tertiary/aromatic N) is 3. The van der Waals surface area contributed by atoms with E-state index in [0.717, 1.165) is 17.0 Å². The SMILES string of the molecule is Cc1cc(-c2cn[nH]c2)nn1C. The van der Waals surface area contributed by atoms with Gasteiger partial charge >= 0.3 is 0 Å². The molecule has 0 bridgehead atoms. The lowest BCUT2D eigenvalue weighted by atomic mass is 10.2. The van der Waals surface area contributed by atoms with Gasteiger partial charge in [-0.15, -0.1) is 0 Å². The standard InChI is InChI=1S/C8H10N4/c1-6-3-8(11-12(6)2)7-4-9-10-5-7/h3-5H,1-2H3,(H,9,10). The van der Waals surface area contributed by atoms with Crippen molar-refractivity contribution in [3.63, 3.8) is 0 Å². The summed E-state index contributed by atoms with van der Waals surface area (Å²) in [5, 5.41) is 10.9. The smallest absolute Gasteiger partial charge is 0.0957 e. The van der Waals surface area contributed by atoms with Crippen LogP contribution in [0.25, 0.3) is 11.3 Å². The van der Waals surface area contributed by atoms with E-state index in [9.17, 15) is 0 Å². The summed E-state index contributed by atoms with van der Waals surface area (Å²) in [6, 6.07) is 2.03. The van der Waals surface area contributed by atoms with Crippen LogP contribution in [0.2, 0.25) is 0 Å². The minimum atomic E-state index is 0.962. The van der Waals surface area contributed by atoms with Crippen molar-refractivity contribution >= 4 is 0 Å². The van der Waals surface area contributed by atoms with E-state index in [0.29, 0.717) is 0 Å². The van der Waals surface area contributed by atoms with Crippen LogP contribution in [0, 0.1) is 6.92 Å². The zero-order valence-corrected chi connectivity index (χ0v) is 7.07. The Morgan fingerprint density at radius 1 is 1.50 bits per heavy atom. The summed E-state index contributed by atoms with van der Waals surface area (Å²) in [5.74, 6) is 0. The zero-order valence-electron chi connectivity index (χ0n) is 7.07. The van der Waals surface area contributed by atoms with Crippen LogP contribution < -0.4 is 0 Å². The fourth-order valence-corrected chi connectivity index (χ4v) is 1.09. The van der Waals surface area contributed by atoms with E-state index in [1.54, 1.807) is 6.20 Å². The summed E-state index contributed by atoms with van der Waals surface area (Å²) >= 11 is 0. The predicted octanol–water partition coefficient (Wildman–Crippen LogP) is 1.12. The van der Waals surface area contributed by atoms with E-state index in [1.165, 1.54) is 0 Å². The molecule has 0 amide bonds. The van der Waals surface area contributed by atoms with E-state index in [-0.39, 0.29) is 0 Å². The third-order valence-corrected chi connectivity index (χ3v) is 1.91. The van der Waals surface area contributed by atoms with Gasteiger partial charge in [-0.2, -0.15) is 10.2 Å². The maximum atomic E-state index is 4.31. The Hall–Kier alpha value is -1.58. The fourth-order valence-electron chi connectivity index (χ4n) is 1.09. The van der Waals surface area contributed by atoms with Crippen molar-refractivity contribution in [2.24, 2.45) is 7.05 Å². The van der Waals surface area contributed by atoms with Crippen LogP contribution in [0.4, 0.5) is 0 Å². The summed E-state index contributed by atoms with van der Waals surface area (Å²) in [6.07, 6.45) is 3.60. The second-order valence-corrected chi connectivity index (χ2v) is 2.78. The molecule has 0 aromatic carbocycles. The highest BCUT2D eigenvalue weighted by molar-refractivity contribution is 5.56. The molecular weight excluding hydrogens is 152 g/mol. The molecule has 0 saturated carbocycles. The second kappa shape index (κ2) is 2.48. The number of aromatic amines is 1. The van der Waals surface area contributed by atoms with Crippen LogP contribution in [0.15, 0.2) is 18.5 Å². The molecule has 4 nitrogen and oxygen atoms in total. The summed E-state index contributed by atoms with van der Waals surface area (Å²) in [4.78, 5) is 0. The molecule has 2 aromatic rings. The van der Waals surface area contributed by atoms with Crippen molar-refractivity contribution < 1.29 is 0 Å². The minimum Gasteiger partial charge on any atom is -0.285 e. The molecule has 0 aliphatic heterocycles. The predicted molar refractivity (Wildman–Crippen MR) is 45.5 cm³/mol. The molecule has 0 radical (unpaired) electrons. The van der Waals surface area contributed by atoms with Gasteiger partial charge in [-0.25, -0.2) is 0 Å². The molecule has 0 aliphatic carbocycles. The van der Waals surface area contributed by atoms with Crippen molar-refractivity contribution in [2.75, 3.05) is 0 Å². The Morgan fingerprint density at radius 3 is 2.83 bits per heavy atom. The molecule has 62 valence electrons. The van der Waals surface area contributed by atoms with Crippen LogP contribution in [0.3, 0.4) is 0 Å². The highest BCUT2D eigenvalue weighted by Gasteiger charge is 2.03. The Balaban J connectivity index is 2.48. The number of aryl methyl sites for hydroxylation is 2. The van der Waals surface area contributed by atoms with Crippen LogP contribution in [-0.4, -0.2) is 20.0 Å². The number of hydrogen-bond donors (Lipinski definition) is 1. The Morgan fingerprint density at radius 2 is 2.33 bits per heavy atom. The molecule has 2 aromatic heterocycles. The first-order valence-electron chi connectivity index (χ1n) is 3.77. The van der Waals surface area contributed by atoms with E-state index in [1.807, 2.05) is 30.9 Å². The average molecular weight is 162 g/mol. The molecule has 2 rings (SSSR count). The van der Waals surface area contributed by atoms with Crippen molar-refractivity contribution in [3.05, 3.63) is 24.2 Å². The number of H-pyrrole nitrogens is 1. The second-order valence-electron chi connectivity index (χ2n) is 2.78. The molecule has 0 aliphatic rings. The third kappa shape index (κ3) is 1.01. The highest BCUT2D eigenvalue weighted by atomic mass is 15.3. The van der Waals surface area contributed by atoms with Gasteiger partial charge in [0.1, 0.15) is 0 Å².